The Balaban J connectivity index is 1.64. The highest BCUT2D eigenvalue weighted by Crippen LogP contribution is 2.30. The van der Waals surface area contributed by atoms with Crippen LogP contribution in [0.3, 0.4) is 0 Å². The number of imidazole rings is 1. The van der Waals surface area contributed by atoms with Gasteiger partial charge in [-0.2, -0.15) is 0 Å². The summed E-state index contributed by atoms with van der Waals surface area (Å²) in [6.45, 7) is 2.19. The Morgan fingerprint density at radius 1 is 1.23 bits per heavy atom. The zero-order valence-corrected chi connectivity index (χ0v) is 14.3. The van der Waals surface area contributed by atoms with Gasteiger partial charge in [0.2, 0.25) is 4.96 Å². The molecule has 0 fully saturated rings. The van der Waals surface area contributed by atoms with Crippen molar-refractivity contribution in [3.63, 3.8) is 0 Å². The first-order valence-corrected chi connectivity index (χ1v) is 9.75. The number of nitrogens with zero attached hydrogens (tertiary/aromatic N) is 3. The number of hydrogen-bond donors (Lipinski definition) is 0. The average Bonchev–Trinajstić information content (AvgIpc) is 3.11. The largest absolute Gasteiger partial charge is 0.217 e. The molecule has 1 aliphatic rings. The number of thioether (sulfide) groups is 1. The third-order valence-corrected chi connectivity index (χ3v) is 6.36. The molecule has 3 aromatic rings. The van der Waals surface area contributed by atoms with Gasteiger partial charge in [-0.15, -0.1) is 5.10 Å². The Kier molecular flexibility index (Phi) is 3.92. The van der Waals surface area contributed by atoms with Gasteiger partial charge < -0.3 is 0 Å². The molecule has 1 aromatic carbocycles. The molecule has 2 heterocycles. The van der Waals surface area contributed by atoms with Gasteiger partial charge in [0.25, 0.3) is 0 Å². The van der Waals surface area contributed by atoms with Gasteiger partial charge >= 0.3 is 0 Å². The Labute approximate surface area is 138 Å². The molecule has 5 heteroatoms. The van der Waals surface area contributed by atoms with Crippen molar-refractivity contribution >= 4 is 28.1 Å². The van der Waals surface area contributed by atoms with E-state index in [2.05, 4.69) is 36.4 Å². The van der Waals surface area contributed by atoms with Crippen LogP contribution in [0.2, 0.25) is 0 Å². The Morgan fingerprint density at radius 2 is 2.09 bits per heavy atom. The molecule has 0 atom stereocenters. The van der Waals surface area contributed by atoms with Gasteiger partial charge in [0.05, 0.1) is 11.9 Å². The van der Waals surface area contributed by atoms with E-state index in [-0.39, 0.29) is 0 Å². The number of aryl methyl sites for hydroxylation is 2. The van der Waals surface area contributed by atoms with E-state index in [4.69, 9.17) is 4.98 Å². The van der Waals surface area contributed by atoms with Crippen molar-refractivity contribution in [1.29, 1.82) is 0 Å². The van der Waals surface area contributed by atoms with Crippen LogP contribution in [0, 0.1) is 0 Å². The summed E-state index contributed by atoms with van der Waals surface area (Å²) in [5.74, 6) is 1.12. The molecule has 0 unspecified atom stereocenters. The molecule has 0 N–H and O–H groups in total. The van der Waals surface area contributed by atoms with Gasteiger partial charge in [-0.3, -0.25) is 0 Å². The third kappa shape index (κ3) is 2.68. The van der Waals surface area contributed by atoms with Crippen LogP contribution in [0.1, 0.15) is 37.3 Å². The Morgan fingerprint density at radius 3 is 2.91 bits per heavy atom. The molecule has 0 bridgehead atoms. The summed E-state index contributed by atoms with van der Waals surface area (Å²) in [5.41, 5.74) is 5.29. The van der Waals surface area contributed by atoms with E-state index in [9.17, 15) is 0 Å². The lowest BCUT2D eigenvalue weighted by atomic mass is 9.90. The molecule has 0 aliphatic heterocycles. The number of aromatic nitrogens is 3. The molecule has 0 spiro atoms. The molecule has 4 rings (SSSR count). The van der Waals surface area contributed by atoms with E-state index < -0.39 is 0 Å². The molecule has 114 valence electrons. The number of benzene rings is 1. The molecular weight excluding hydrogens is 310 g/mol. The van der Waals surface area contributed by atoms with Crippen molar-refractivity contribution in [2.75, 3.05) is 5.75 Å². The van der Waals surface area contributed by atoms with Crippen LogP contribution in [0.25, 0.3) is 16.2 Å². The van der Waals surface area contributed by atoms with Gasteiger partial charge in [-0.25, -0.2) is 9.50 Å². The lowest BCUT2D eigenvalue weighted by Gasteiger charge is -2.15. The highest BCUT2D eigenvalue weighted by molar-refractivity contribution is 8.01. The third-order valence-electron chi connectivity index (χ3n) is 4.10. The SMILES string of the molecule is CCCSc1nn2cc(-c3ccc4c(c3)CCCC4)nc2s1. The molecule has 0 saturated heterocycles. The van der Waals surface area contributed by atoms with E-state index in [1.54, 1.807) is 11.3 Å². The molecular formula is C17H19N3S2. The maximum atomic E-state index is 4.77. The van der Waals surface area contributed by atoms with Crippen LogP contribution in [0.5, 0.6) is 0 Å². The number of hydrogen-bond acceptors (Lipinski definition) is 4. The molecule has 0 saturated carbocycles. The minimum Gasteiger partial charge on any atom is -0.217 e. The van der Waals surface area contributed by atoms with E-state index in [0.29, 0.717) is 0 Å². The summed E-state index contributed by atoms with van der Waals surface area (Å²) >= 11 is 3.50. The molecule has 0 amide bonds. The average molecular weight is 329 g/mol. The van der Waals surface area contributed by atoms with Gasteiger partial charge in [0, 0.05) is 11.3 Å². The first-order chi connectivity index (χ1) is 10.8. The zero-order valence-electron chi connectivity index (χ0n) is 12.7. The molecule has 0 radical (unpaired) electrons. The summed E-state index contributed by atoms with van der Waals surface area (Å²) in [5, 5.41) is 4.62. The lowest BCUT2D eigenvalue weighted by molar-refractivity contribution is 0.686. The second-order valence-electron chi connectivity index (χ2n) is 5.76. The van der Waals surface area contributed by atoms with E-state index in [1.165, 1.54) is 48.8 Å². The molecule has 22 heavy (non-hydrogen) atoms. The van der Waals surface area contributed by atoms with Crippen molar-refractivity contribution in [2.45, 2.75) is 43.4 Å². The minimum atomic E-state index is 0.992. The second-order valence-corrected chi connectivity index (χ2v) is 8.06. The number of fused-ring (bicyclic) bond motifs is 2. The van der Waals surface area contributed by atoms with Crippen molar-refractivity contribution in [2.24, 2.45) is 0 Å². The van der Waals surface area contributed by atoms with Gasteiger partial charge in [-0.1, -0.05) is 42.2 Å². The first-order valence-electron chi connectivity index (χ1n) is 7.94. The van der Waals surface area contributed by atoms with Gasteiger partial charge in [0.15, 0.2) is 4.34 Å². The molecule has 1 aliphatic carbocycles. The number of rotatable bonds is 4. The topological polar surface area (TPSA) is 30.2 Å². The fraction of sp³-hybridized carbons (Fsp3) is 0.412. The summed E-state index contributed by atoms with van der Waals surface area (Å²) in [4.78, 5) is 5.76. The highest BCUT2D eigenvalue weighted by Gasteiger charge is 2.13. The van der Waals surface area contributed by atoms with Crippen molar-refractivity contribution < 1.29 is 0 Å². The van der Waals surface area contributed by atoms with Crippen molar-refractivity contribution in [3.8, 4) is 11.3 Å². The predicted octanol–water partition coefficient (Wildman–Crippen LogP) is 4.84. The zero-order chi connectivity index (χ0) is 14.9. The van der Waals surface area contributed by atoms with Crippen LogP contribution < -0.4 is 0 Å². The summed E-state index contributed by atoms with van der Waals surface area (Å²) < 4.78 is 3.04. The molecule has 2 aromatic heterocycles. The lowest BCUT2D eigenvalue weighted by Crippen LogP contribution is -2.02. The highest BCUT2D eigenvalue weighted by atomic mass is 32.2. The summed E-state index contributed by atoms with van der Waals surface area (Å²) in [7, 11) is 0. The second kappa shape index (κ2) is 6.05. The fourth-order valence-corrected chi connectivity index (χ4v) is 4.81. The van der Waals surface area contributed by atoms with Crippen molar-refractivity contribution in [3.05, 3.63) is 35.5 Å². The van der Waals surface area contributed by atoms with Crippen molar-refractivity contribution in [1.82, 2.24) is 14.6 Å². The summed E-state index contributed by atoms with van der Waals surface area (Å²) in [6.07, 6.45) is 8.32. The van der Waals surface area contributed by atoms with Gasteiger partial charge in [0.1, 0.15) is 0 Å². The maximum Gasteiger partial charge on any atom is 0.213 e. The first kappa shape index (κ1) is 14.3. The summed E-state index contributed by atoms with van der Waals surface area (Å²) in [6, 6.07) is 6.82. The fourth-order valence-electron chi connectivity index (χ4n) is 2.96. The van der Waals surface area contributed by atoms with Crippen LogP contribution in [0.15, 0.2) is 28.7 Å². The maximum absolute atomic E-state index is 4.77. The van der Waals surface area contributed by atoms with E-state index >= 15 is 0 Å². The predicted molar refractivity (Wildman–Crippen MR) is 94.0 cm³/mol. The quantitative estimate of drug-likeness (QED) is 0.642. The van der Waals surface area contributed by atoms with Crippen LogP contribution in [-0.4, -0.2) is 20.4 Å². The van der Waals surface area contributed by atoms with Gasteiger partial charge in [-0.05, 0) is 49.3 Å². The van der Waals surface area contributed by atoms with Crippen LogP contribution in [-0.2, 0) is 12.8 Å². The standard InChI is InChI=1S/C17H19N3S2/c1-2-9-21-17-19-20-11-15(18-16(20)22-17)14-8-7-12-5-3-4-6-13(12)10-14/h7-8,10-11H,2-6,9H2,1H3. The minimum absolute atomic E-state index is 0.992. The smallest absolute Gasteiger partial charge is 0.213 e. The van der Waals surface area contributed by atoms with E-state index in [1.807, 2.05) is 16.3 Å². The van der Waals surface area contributed by atoms with Crippen LogP contribution >= 0.6 is 23.1 Å². The Bertz CT molecular complexity index is 772. The van der Waals surface area contributed by atoms with Crippen LogP contribution in [0.4, 0.5) is 0 Å². The Hall–Kier alpha value is -1.33. The molecule has 3 nitrogen and oxygen atoms in total. The monoisotopic (exact) mass is 329 g/mol. The normalized spacial score (nSPS) is 14.4. The van der Waals surface area contributed by atoms with E-state index in [0.717, 1.165) is 20.7 Å².